The number of rotatable bonds is 15. The average Bonchev–Trinajstić information content (AvgIpc) is 1.57. The Labute approximate surface area is 740 Å². The van der Waals surface area contributed by atoms with Gasteiger partial charge in [-0.25, -0.2) is 0 Å². The number of para-hydroxylation sites is 6. The number of fused-ring (bicyclic) bond motifs is 14. The number of benzene rings is 21. The summed E-state index contributed by atoms with van der Waals surface area (Å²) < 4.78 is 17.7. The van der Waals surface area contributed by atoms with Crippen LogP contribution in [0.4, 0.5) is 34.1 Å². The lowest BCUT2D eigenvalue weighted by atomic mass is 9.95. The highest BCUT2D eigenvalue weighted by atomic mass is 16.3. The fraction of sp³-hybridized carbons (Fsp3) is 0. The van der Waals surface area contributed by atoms with Gasteiger partial charge >= 0.3 is 0 Å². The van der Waals surface area contributed by atoms with Gasteiger partial charge < -0.3 is 27.8 Å². The second kappa shape index (κ2) is 31.7. The minimum Gasteiger partial charge on any atom is -0.456 e. The molecule has 0 fully saturated rings. The molecular weight excluding hydrogens is 1550 g/mol. The summed E-state index contributed by atoms with van der Waals surface area (Å²) in [6, 6.07) is 175. The molecule has 600 valence electrons. The normalized spacial score (nSPS) is 11.6. The second-order valence-electron chi connectivity index (χ2n) is 32.9. The predicted molar refractivity (Wildman–Crippen MR) is 539 cm³/mol. The Balaban J connectivity index is 0.000000145. The number of furan rings is 2. The molecule has 0 atom stereocenters. The molecule has 4 aromatic heterocycles. The van der Waals surface area contributed by atoms with Crippen LogP contribution in [-0.4, -0.2) is 9.13 Å². The van der Waals surface area contributed by atoms with Crippen molar-refractivity contribution in [2.24, 2.45) is 0 Å². The van der Waals surface area contributed by atoms with Crippen LogP contribution in [0.15, 0.2) is 494 Å². The van der Waals surface area contributed by atoms with Gasteiger partial charge in [0, 0.05) is 77.6 Å². The fourth-order valence-corrected chi connectivity index (χ4v) is 19.7. The van der Waals surface area contributed by atoms with E-state index in [1.807, 2.05) is 24.3 Å². The molecule has 0 saturated carbocycles. The number of hydrogen-bond acceptors (Lipinski definition) is 4. The lowest BCUT2D eigenvalue weighted by molar-refractivity contribution is 0.668. The monoisotopic (exact) mass is 1630 g/mol. The van der Waals surface area contributed by atoms with Crippen LogP contribution in [0.25, 0.3) is 198 Å². The van der Waals surface area contributed by atoms with E-state index < -0.39 is 0 Å². The highest BCUT2D eigenvalue weighted by Crippen LogP contribution is 2.50. The highest BCUT2D eigenvalue weighted by Gasteiger charge is 2.26. The first kappa shape index (κ1) is 74.7. The molecule has 21 aromatic carbocycles. The smallest absolute Gasteiger partial charge is 0.137 e. The van der Waals surface area contributed by atoms with Crippen LogP contribution in [0.5, 0.6) is 0 Å². The topological polar surface area (TPSA) is 42.6 Å². The van der Waals surface area contributed by atoms with Crippen molar-refractivity contribution in [1.29, 1.82) is 0 Å². The zero-order chi connectivity index (χ0) is 84.5. The van der Waals surface area contributed by atoms with Crippen LogP contribution >= 0.6 is 0 Å². The molecule has 0 radical (unpaired) electrons. The Kier molecular flexibility index (Phi) is 18.5. The first-order valence-electron chi connectivity index (χ1n) is 43.7. The zero-order valence-corrected chi connectivity index (χ0v) is 69.8. The van der Waals surface area contributed by atoms with Gasteiger partial charge in [-0.3, -0.25) is 0 Å². The van der Waals surface area contributed by atoms with E-state index in [2.05, 4.69) is 480 Å². The summed E-state index contributed by atoms with van der Waals surface area (Å²) in [7, 11) is 0. The molecule has 128 heavy (non-hydrogen) atoms. The van der Waals surface area contributed by atoms with Gasteiger partial charge in [-0.05, 0) is 216 Å². The Morgan fingerprint density at radius 3 is 0.930 bits per heavy atom. The van der Waals surface area contributed by atoms with Crippen molar-refractivity contribution in [2.45, 2.75) is 0 Å². The van der Waals surface area contributed by atoms with E-state index >= 15 is 0 Å². The molecule has 0 spiro atoms. The summed E-state index contributed by atoms with van der Waals surface area (Å²) in [4.78, 5) is 4.73. The Morgan fingerprint density at radius 1 is 0.172 bits per heavy atom. The first-order chi connectivity index (χ1) is 63.5. The SMILES string of the molecule is c1ccc(-c2cccc3c4ccccc4n(-c4cccc(-c5ccc(N(c6ccc(-c7cccc(-c8cccc9ccccc89)c7)cc6)c6ccc(-c7cccc8ccccc78)cc6)cc5)c4)c23)cc1.c1ccc(-c2cccc3c4ccccc4n(-c4cccc(-c5ccc(N(c6cccc7oc8ccccc8c67)c6cccc7oc8ccccc8c67)cc5)c4)c23)cc1. The van der Waals surface area contributed by atoms with E-state index in [-0.39, 0.29) is 0 Å². The minimum atomic E-state index is 0.849. The molecule has 0 unspecified atom stereocenters. The van der Waals surface area contributed by atoms with Crippen molar-refractivity contribution in [2.75, 3.05) is 9.80 Å². The van der Waals surface area contributed by atoms with Crippen molar-refractivity contribution >= 4 is 143 Å². The molecule has 25 aromatic rings. The van der Waals surface area contributed by atoms with Crippen molar-refractivity contribution < 1.29 is 8.83 Å². The van der Waals surface area contributed by atoms with Gasteiger partial charge in [-0.1, -0.05) is 358 Å². The number of hydrogen-bond donors (Lipinski definition) is 0. The summed E-state index contributed by atoms with van der Waals surface area (Å²) in [6.07, 6.45) is 0. The van der Waals surface area contributed by atoms with E-state index in [0.717, 1.165) is 112 Å². The van der Waals surface area contributed by atoms with Gasteiger partial charge in [0.2, 0.25) is 0 Å². The van der Waals surface area contributed by atoms with Crippen LogP contribution in [-0.2, 0) is 0 Å². The molecule has 0 amide bonds. The third kappa shape index (κ3) is 13.1. The Bertz CT molecular complexity index is 8430. The van der Waals surface area contributed by atoms with E-state index in [4.69, 9.17) is 8.83 Å². The maximum absolute atomic E-state index is 6.42. The average molecular weight is 1630 g/mol. The van der Waals surface area contributed by atoms with Gasteiger partial charge in [-0.2, -0.15) is 0 Å². The molecule has 0 aliphatic heterocycles. The second-order valence-corrected chi connectivity index (χ2v) is 32.9. The third-order valence-corrected chi connectivity index (χ3v) is 25.6. The maximum atomic E-state index is 6.42. The summed E-state index contributed by atoms with van der Waals surface area (Å²) in [6.45, 7) is 0. The highest BCUT2D eigenvalue weighted by molar-refractivity contribution is 6.19. The zero-order valence-electron chi connectivity index (χ0n) is 69.8. The Morgan fingerprint density at radius 2 is 0.469 bits per heavy atom. The van der Waals surface area contributed by atoms with E-state index in [1.54, 1.807) is 0 Å². The van der Waals surface area contributed by atoms with Crippen molar-refractivity contribution in [3.63, 3.8) is 0 Å². The summed E-state index contributed by atoms with van der Waals surface area (Å²) in [5, 5.41) is 14.3. The fourth-order valence-electron chi connectivity index (χ4n) is 19.7. The molecule has 0 aliphatic carbocycles. The summed E-state index contributed by atoms with van der Waals surface area (Å²) in [5.74, 6) is 0. The molecule has 0 bridgehead atoms. The number of anilines is 6. The van der Waals surface area contributed by atoms with E-state index in [1.165, 1.54) is 121 Å². The summed E-state index contributed by atoms with van der Waals surface area (Å²) in [5.41, 5.74) is 33.5. The maximum Gasteiger partial charge on any atom is 0.137 e. The number of aromatic nitrogens is 2. The van der Waals surface area contributed by atoms with Crippen LogP contribution in [0.2, 0.25) is 0 Å². The quantitative estimate of drug-likeness (QED) is 0.103. The molecule has 6 nitrogen and oxygen atoms in total. The standard InChI is InChI=1S/C68H46N2.C54H34N2O2/c1-2-15-51(16-3-1)64-30-14-31-66-65-27-8-9-32-67(65)70(68(64)66)59-24-11-22-54(46-59)48-35-41-57(42-36-48)69(58-43-37-52(38-44-58)62-28-12-19-49-17-4-6-25-60(49)62)56-39-33-47(34-40-56)53-21-10-23-55(45-53)63-29-13-20-50-18-5-7-26-61(50)63;1-2-14-36(15-3-1)40-21-11-22-42-41-18-4-7-23-45(41)56(54(40)42)39-17-10-16-37(34-39)35-30-32-38(33-31-35)55(46-24-12-28-50-52(46)43-19-5-8-26-48(43)57-50)47-25-13-29-51-53(47)44-20-6-9-27-49(44)58-51/h1-46H;1-34H. The van der Waals surface area contributed by atoms with E-state index in [0.29, 0.717) is 0 Å². The largest absolute Gasteiger partial charge is 0.456 e. The minimum absolute atomic E-state index is 0.849. The van der Waals surface area contributed by atoms with Crippen LogP contribution < -0.4 is 9.80 Å². The molecule has 4 heterocycles. The van der Waals surface area contributed by atoms with Crippen molar-refractivity contribution in [3.8, 4) is 89.3 Å². The van der Waals surface area contributed by atoms with Crippen molar-refractivity contribution in [1.82, 2.24) is 9.13 Å². The predicted octanol–water partition coefficient (Wildman–Crippen LogP) is 34.3. The van der Waals surface area contributed by atoms with Gasteiger partial charge in [0.25, 0.3) is 0 Å². The van der Waals surface area contributed by atoms with Gasteiger partial charge in [-0.15, -0.1) is 0 Å². The van der Waals surface area contributed by atoms with Gasteiger partial charge in [0.1, 0.15) is 22.3 Å². The van der Waals surface area contributed by atoms with E-state index in [9.17, 15) is 0 Å². The lowest BCUT2D eigenvalue weighted by Gasteiger charge is -2.27. The van der Waals surface area contributed by atoms with Crippen LogP contribution in [0.1, 0.15) is 0 Å². The Hall–Kier alpha value is -17.1. The van der Waals surface area contributed by atoms with Gasteiger partial charge in [0.05, 0.1) is 44.2 Å². The molecule has 0 saturated heterocycles. The van der Waals surface area contributed by atoms with Crippen LogP contribution in [0.3, 0.4) is 0 Å². The van der Waals surface area contributed by atoms with Crippen LogP contribution in [0, 0.1) is 0 Å². The number of nitrogens with zero attached hydrogens (tertiary/aromatic N) is 4. The lowest BCUT2D eigenvalue weighted by Crippen LogP contribution is -2.10. The molecule has 6 heteroatoms. The molecule has 0 aliphatic rings. The van der Waals surface area contributed by atoms with Gasteiger partial charge in [0.15, 0.2) is 0 Å². The summed E-state index contributed by atoms with van der Waals surface area (Å²) >= 11 is 0. The van der Waals surface area contributed by atoms with Crippen molar-refractivity contribution in [3.05, 3.63) is 485 Å². The third-order valence-electron chi connectivity index (χ3n) is 25.6. The first-order valence-corrected chi connectivity index (χ1v) is 43.7. The molecular formula is C122H80N4O2. The molecule has 25 rings (SSSR count). The molecule has 0 N–H and O–H groups in total.